The number of nitrogens with two attached hydrogens (primary N) is 1. The second-order valence-corrected chi connectivity index (χ2v) is 16.0. The van der Waals surface area contributed by atoms with Crippen LogP contribution in [0.5, 0.6) is 0 Å². The van der Waals surface area contributed by atoms with Gasteiger partial charge < -0.3 is 40.1 Å². The summed E-state index contributed by atoms with van der Waals surface area (Å²) < 4.78 is 11.6. The summed E-state index contributed by atoms with van der Waals surface area (Å²) in [5.41, 5.74) is 8.48. The highest BCUT2D eigenvalue weighted by molar-refractivity contribution is 9.11. The van der Waals surface area contributed by atoms with Crippen molar-refractivity contribution in [3.05, 3.63) is 51.9 Å². The molecule has 5 heterocycles. The number of hydrogen-bond acceptors (Lipinski definition) is 12. The second-order valence-electron chi connectivity index (χ2n) is 13.9. The van der Waals surface area contributed by atoms with E-state index in [4.69, 9.17) is 15.2 Å². The van der Waals surface area contributed by atoms with E-state index in [1.54, 1.807) is 40.0 Å². The predicted octanol–water partition coefficient (Wildman–Crippen LogP) is 6.11. The molecule has 50 heavy (non-hydrogen) atoms. The van der Waals surface area contributed by atoms with Gasteiger partial charge in [-0.05, 0) is 82.4 Å². The molecule has 0 bridgehead atoms. The molecule has 272 valence electrons. The molecule has 14 nitrogen and oxygen atoms in total. The first-order chi connectivity index (χ1) is 23.6. The number of carbonyl (C=O) groups excluding carboxylic acids is 3. The van der Waals surface area contributed by atoms with Crippen LogP contribution in [0.25, 0.3) is 0 Å². The number of rotatable bonds is 4. The van der Waals surface area contributed by atoms with Crippen LogP contribution < -0.4 is 20.9 Å². The minimum absolute atomic E-state index is 0.243. The molecule has 5 rings (SSSR count). The number of ether oxygens (including phenoxy) is 2. The number of amides is 3. The maximum absolute atomic E-state index is 12.5. The van der Waals surface area contributed by atoms with Gasteiger partial charge in [-0.3, -0.25) is 14.8 Å². The van der Waals surface area contributed by atoms with Crippen LogP contribution in [-0.2, 0) is 9.47 Å². The maximum atomic E-state index is 12.5. The van der Waals surface area contributed by atoms with E-state index >= 15 is 0 Å². The number of nitrogens with one attached hydrogen (secondary N) is 1. The molecule has 3 N–H and O–H groups in total. The molecule has 3 aromatic heterocycles. The fourth-order valence-electron chi connectivity index (χ4n) is 5.32. The molecule has 2 fully saturated rings. The van der Waals surface area contributed by atoms with Gasteiger partial charge >= 0.3 is 12.2 Å². The summed E-state index contributed by atoms with van der Waals surface area (Å²) in [4.78, 5) is 57.2. The van der Waals surface area contributed by atoms with Gasteiger partial charge in [0.1, 0.15) is 16.9 Å². The van der Waals surface area contributed by atoms with Crippen molar-refractivity contribution in [2.75, 3.05) is 73.2 Å². The monoisotopic (exact) mass is 773 g/mol. The van der Waals surface area contributed by atoms with Crippen LogP contribution in [0.15, 0.2) is 46.2 Å². The number of aromatic nitrogens is 3. The molecule has 0 saturated carbocycles. The van der Waals surface area contributed by atoms with Gasteiger partial charge in [-0.15, -0.1) is 11.3 Å². The predicted molar refractivity (Wildman–Crippen MR) is 200 cm³/mol. The van der Waals surface area contributed by atoms with Gasteiger partial charge in [-0.25, -0.2) is 14.6 Å². The van der Waals surface area contributed by atoms with Crippen molar-refractivity contribution in [2.24, 2.45) is 0 Å². The number of nitrogen functional groups attached to an aromatic ring is 1. The smallest absolute Gasteiger partial charge is 0.410 e. The Morgan fingerprint density at radius 1 is 0.780 bits per heavy atom. The topological polar surface area (TPSA) is 159 Å². The Morgan fingerprint density at radius 2 is 1.30 bits per heavy atom. The van der Waals surface area contributed by atoms with Crippen LogP contribution in [0.3, 0.4) is 0 Å². The molecule has 3 aromatic rings. The van der Waals surface area contributed by atoms with Crippen LogP contribution in [0.4, 0.5) is 32.3 Å². The standard InChI is InChI=1S/C19H24BrN5O3S.C15H24N4O2/c1-19(2,3)28-18(27)25-8-4-7-24(9-10-25)15-5-6-21-11-13(15)22-16(26)14-12-29-17(20)23-14;1-15(2,3)21-14(20)19-8-4-7-18(9-10-19)13-5-6-17-11-12(13)16/h5-6,11-12H,4,7-10H2,1-3H3,(H,22,26);5-6,11H,4,7-10,16H2,1-3H3. The molecule has 16 heteroatoms. The SMILES string of the molecule is CC(C)(C)OC(=O)N1CCCN(c2ccncc2N)CC1.CC(C)(C)OC(=O)N1CCCN(c2ccncc2NC(=O)c2csc(Br)n2)CC1. The lowest BCUT2D eigenvalue weighted by Gasteiger charge is -2.27. The normalized spacial score (nSPS) is 15.7. The average Bonchev–Trinajstić information content (AvgIpc) is 3.20. The highest BCUT2D eigenvalue weighted by Gasteiger charge is 2.27. The maximum Gasteiger partial charge on any atom is 0.410 e. The third-order valence-electron chi connectivity index (χ3n) is 7.56. The van der Waals surface area contributed by atoms with Crippen molar-refractivity contribution in [3.8, 4) is 0 Å². The summed E-state index contributed by atoms with van der Waals surface area (Å²) in [7, 11) is 0. The molecule has 0 spiro atoms. The Hall–Kier alpha value is -4.18. The lowest BCUT2D eigenvalue weighted by Crippen LogP contribution is -2.39. The molecule has 0 atom stereocenters. The Kier molecular flexibility index (Phi) is 13.3. The van der Waals surface area contributed by atoms with Crippen LogP contribution in [0, 0.1) is 0 Å². The van der Waals surface area contributed by atoms with E-state index in [1.807, 2.05) is 53.7 Å². The van der Waals surface area contributed by atoms with Crippen LogP contribution >= 0.6 is 27.3 Å². The molecule has 3 amide bonds. The van der Waals surface area contributed by atoms with Crippen LogP contribution in [-0.4, -0.2) is 106 Å². The van der Waals surface area contributed by atoms with Crippen molar-refractivity contribution < 1.29 is 23.9 Å². The van der Waals surface area contributed by atoms with Crippen molar-refractivity contribution >= 4 is 68.1 Å². The first-order valence-corrected chi connectivity index (χ1v) is 18.3. The highest BCUT2D eigenvalue weighted by Crippen LogP contribution is 2.27. The molecule has 2 aliphatic rings. The number of hydrogen-bond donors (Lipinski definition) is 2. The van der Waals surface area contributed by atoms with E-state index in [-0.39, 0.29) is 18.1 Å². The number of carbonyl (C=O) groups is 3. The Morgan fingerprint density at radius 3 is 1.80 bits per heavy atom. The molecule has 0 aliphatic carbocycles. The fraction of sp³-hybridized carbons (Fsp3) is 0.529. The number of thiazole rings is 1. The zero-order valence-electron chi connectivity index (χ0n) is 29.6. The van der Waals surface area contributed by atoms with E-state index in [1.165, 1.54) is 11.3 Å². The number of nitrogens with zero attached hydrogens (tertiary/aromatic N) is 7. The van der Waals surface area contributed by atoms with Crippen molar-refractivity contribution in [1.29, 1.82) is 0 Å². The summed E-state index contributed by atoms with van der Waals surface area (Å²) in [6, 6.07) is 3.79. The Bertz CT molecular complexity index is 1610. The molecule has 2 saturated heterocycles. The van der Waals surface area contributed by atoms with Gasteiger partial charge in [-0.2, -0.15) is 0 Å². The summed E-state index contributed by atoms with van der Waals surface area (Å²) in [5, 5.41) is 4.59. The number of anilines is 4. The van der Waals surface area contributed by atoms with Crippen molar-refractivity contribution in [1.82, 2.24) is 24.8 Å². The van der Waals surface area contributed by atoms with E-state index in [0.29, 0.717) is 53.7 Å². The summed E-state index contributed by atoms with van der Waals surface area (Å²) in [5.74, 6) is -0.286. The minimum Gasteiger partial charge on any atom is -0.444 e. The Balaban J connectivity index is 0.000000237. The van der Waals surface area contributed by atoms with Gasteiger partial charge in [0.2, 0.25) is 0 Å². The van der Waals surface area contributed by atoms with Crippen LogP contribution in [0.2, 0.25) is 0 Å². The Labute approximate surface area is 306 Å². The third kappa shape index (κ3) is 11.7. The summed E-state index contributed by atoms with van der Waals surface area (Å²) in [6.07, 6.45) is 7.87. The average molecular weight is 775 g/mol. The van der Waals surface area contributed by atoms with Gasteiger partial charge in [0, 0.05) is 70.1 Å². The van der Waals surface area contributed by atoms with Gasteiger partial charge in [0.15, 0.2) is 3.92 Å². The highest BCUT2D eigenvalue weighted by atomic mass is 79.9. The largest absolute Gasteiger partial charge is 0.444 e. The number of pyridine rings is 2. The van der Waals surface area contributed by atoms with E-state index in [2.05, 4.69) is 46.0 Å². The molecular formula is C34H48BrN9O5S. The van der Waals surface area contributed by atoms with Gasteiger partial charge in [0.05, 0.1) is 35.1 Å². The molecule has 0 unspecified atom stereocenters. The molecule has 0 radical (unpaired) electrons. The summed E-state index contributed by atoms with van der Waals surface area (Å²) in [6.45, 7) is 16.8. The fourth-order valence-corrected chi connectivity index (χ4v) is 6.31. The van der Waals surface area contributed by atoms with Gasteiger partial charge in [0.25, 0.3) is 5.91 Å². The van der Waals surface area contributed by atoms with E-state index < -0.39 is 11.2 Å². The quantitative estimate of drug-likeness (QED) is 0.315. The van der Waals surface area contributed by atoms with Crippen LogP contribution in [0.1, 0.15) is 64.9 Å². The number of halogens is 1. The molecule has 2 aliphatic heterocycles. The third-order valence-corrected chi connectivity index (χ3v) is 8.92. The first-order valence-electron chi connectivity index (χ1n) is 16.6. The first kappa shape index (κ1) is 38.6. The zero-order chi connectivity index (χ0) is 36.5. The van der Waals surface area contributed by atoms with E-state index in [0.717, 1.165) is 43.9 Å². The lowest BCUT2D eigenvalue weighted by atomic mass is 10.2. The lowest BCUT2D eigenvalue weighted by molar-refractivity contribution is 0.0253. The zero-order valence-corrected chi connectivity index (χ0v) is 32.1. The molecular weight excluding hydrogens is 726 g/mol. The minimum atomic E-state index is -0.518. The molecule has 0 aromatic carbocycles. The van der Waals surface area contributed by atoms with E-state index in [9.17, 15) is 14.4 Å². The second kappa shape index (κ2) is 17.2. The summed E-state index contributed by atoms with van der Waals surface area (Å²) >= 11 is 4.63. The van der Waals surface area contributed by atoms with Crippen molar-refractivity contribution in [3.63, 3.8) is 0 Å². The van der Waals surface area contributed by atoms with Gasteiger partial charge in [-0.1, -0.05) is 0 Å². The van der Waals surface area contributed by atoms with Crippen molar-refractivity contribution in [2.45, 2.75) is 65.6 Å².